The molecule has 6 heteroatoms. The highest BCUT2D eigenvalue weighted by Gasteiger charge is 2.30. The third-order valence-corrected chi connectivity index (χ3v) is 2.27. The van der Waals surface area contributed by atoms with Gasteiger partial charge in [-0.1, -0.05) is 18.2 Å². The lowest BCUT2D eigenvalue weighted by Crippen LogP contribution is -2.19. The minimum Gasteiger partial charge on any atom is -0.353 e. The first-order valence-electron chi connectivity index (χ1n) is 5.37. The van der Waals surface area contributed by atoms with Crippen molar-refractivity contribution in [2.75, 3.05) is 6.54 Å². The van der Waals surface area contributed by atoms with Crippen LogP contribution in [-0.2, 0) is 11.0 Å². The molecular formula is C13H11F3N2O. The average Bonchev–Trinajstić information content (AvgIpc) is 2.33. The first-order valence-corrected chi connectivity index (χ1v) is 5.37. The number of nitrogens with zero attached hydrogens (tertiary/aromatic N) is 1. The molecule has 0 heterocycles. The van der Waals surface area contributed by atoms with Crippen molar-refractivity contribution in [3.63, 3.8) is 0 Å². The van der Waals surface area contributed by atoms with Crippen molar-refractivity contribution >= 4 is 12.0 Å². The zero-order valence-corrected chi connectivity index (χ0v) is 10.1. The fraction of sp³-hybridized carbons (Fsp3) is 0.231. The summed E-state index contributed by atoms with van der Waals surface area (Å²) in [5, 5.41) is 11.3. The highest BCUT2D eigenvalue weighted by atomic mass is 19.4. The van der Waals surface area contributed by atoms with Gasteiger partial charge in [0.15, 0.2) is 0 Å². The van der Waals surface area contributed by atoms with Crippen molar-refractivity contribution in [1.82, 2.24) is 5.32 Å². The maximum atomic E-state index is 12.5. The van der Waals surface area contributed by atoms with E-state index in [1.54, 1.807) is 12.1 Å². The van der Waals surface area contributed by atoms with Gasteiger partial charge in [0.1, 0.15) is 0 Å². The van der Waals surface area contributed by atoms with Crippen molar-refractivity contribution in [2.24, 2.45) is 0 Å². The van der Waals surface area contributed by atoms with Crippen LogP contribution in [0.3, 0.4) is 0 Å². The van der Waals surface area contributed by atoms with E-state index in [4.69, 9.17) is 5.26 Å². The van der Waals surface area contributed by atoms with Crippen LogP contribution in [0.1, 0.15) is 23.6 Å². The molecule has 0 unspecified atom stereocenters. The summed E-state index contributed by atoms with van der Waals surface area (Å²) in [7, 11) is 0. The highest BCUT2D eigenvalue weighted by molar-refractivity contribution is 5.73. The van der Waals surface area contributed by atoms with Gasteiger partial charge in [0, 0.05) is 13.5 Å². The van der Waals surface area contributed by atoms with E-state index in [-0.39, 0.29) is 18.0 Å². The van der Waals surface area contributed by atoms with Crippen LogP contribution in [0, 0.1) is 11.3 Å². The standard InChI is InChI=1S/C13H11F3N2O/c1-9(19)18-6-2-3-10-4-5-12(13(14,15)16)7-11(10)8-17/h2-5,7H,6H2,1H3,(H,18,19). The molecule has 0 aliphatic heterocycles. The quantitative estimate of drug-likeness (QED) is 0.916. The number of nitrogens with one attached hydrogen (secondary N) is 1. The fourth-order valence-corrected chi connectivity index (χ4v) is 1.36. The highest BCUT2D eigenvalue weighted by Crippen LogP contribution is 2.30. The van der Waals surface area contributed by atoms with Gasteiger partial charge in [-0.3, -0.25) is 4.79 Å². The molecule has 0 fully saturated rings. The predicted molar refractivity (Wildman–Crippen MR) is 63.9 cm³/mol. The van der Waals surface area contributed by atoms with E-state index in [1.807, 2.05) is 0 Å². The Labute approximate surface area is 108 Å². The molecule has 0 saturated carbocycles. The molecular weight excluding hydrogens is 257 g/mol. The van der Waals surface area contributed by atoms with Gasteiger partial charge in [0.25, 0.3) is 0 Å². The summed E-state index contributed by atoms with van der Waals surface area (Å²) in [5.74, 6) is -0.211. The zero-order valence-electron chi connectivity index (χ0n) is 10.1. The molecule has 0 saturated heterocycles. The molecule has 3 nitrogen and oxygen atoms in total. The van der Waals surface area contributed by atoms with Crippen LogP contribution in [0.4, 0.5) is 13.2 Å². The van der Waals surface area contributed by atoms with Crippen molar-refractivity contribution in [2.45, 2.75) is 13.1 Å². The summed E-state index contributed by atoms with van der Waals surface area (Å²) < 4.78 is 37.4. The van der Waals surface area contributed by atoms with E-state index in [9.17, 15) is 18.0 Å². The van der Waals surface area contributed by atoms with Crippen LogP contribution in [0.15, 0.2) is 24.3 Å². The number of alkyl halides is 3. The molecule has 1 amide bonds. The Balaban J connectivity index is 2.92. The van der Waals surface area contributed by atoms with E-state index < -0.39 is 11.7 Å². The molecule has 0 spiro atoms. The third-order valence-electron chi connectivity index (χ3n) is 2.27. The second kappa shape index (κ2) is 6.05. The second-order valence-corrected chi connectivity index (χ2v) is 3.75. The zero-order chi connectivity index (χ0) is 14.5. The molecule has 0 aliphatic carbocycles. The minimum atomic E-state index is -4.47. The molecule has 1 N–H and O–H groups in total. The van der Waals surface area contributed by atoms with Gasteiger partial charge < -0.3 is 5.32 Å². The average molecular weight is 268 g/mol. The first-order chi connectivity index (χ1) is 8.84. The van der Waals surface area contributed by atoms with Gasteiger partial charge in [0.05, 0.1) is 17.2 Å². The maximum Gasteiger partial charge on any atom is 0.416 e. The summed E-state index contributed by atoms with van der Waals surface area (Å²) in [6.45, 7) is 1.61. The lowest BCUT2D eigenvalue weighted by molar-refractivity contribution is -0.137. The van der Waals surface area contributed by atoms with Crippen molar-refractivity contribution < 1.29 is 18.0 Å². The van der Waals surface area contributed by atoms with Crippen LogP contribution in [-0.4, -0.2) is 12.5 Å². The molecule has 100 valence electrons. The molecule has 1 rings (SSSR count). The monoisotopic (exact) mass is 268 g/mol. The Kier molecular flexibility index (Phi) is 4.70. The number of amides is 1. The van der Waals surface area contributed by atoms with E-state index in [2.05, 4.69) is 5.32 Å². The van der Waals surface area contributed by atoms with Crippen molar-refractivity contribution in [3.8, 4) is 6.07 Å². The third kappa shape index (κ3) is 4.47. The number of carbonyl (C=O) groups is 1. The van der Waals surface area contributed by atoms with Gasteiger partial charge in [0.2, 0.25) is 5.91 Å². The summed E-state index contributed by atoms with van der Waals surface area (Å²) in [6, 6.07) is 4.67. The summed E-state index contributed by atoms with van der Waals surface area (Å²) >= 11 is 0. The molecule has 0 aliphatic rings. The lowest BCUT2D eigenvalue weighted by atomic mass is 10.0. The van der Waals surface area contributed by atoms with E-state index in [0.29, 0.717) is 5.56 Å². The smallest absolute Gasteiger partial charge is 0.353 e. The lowest BCUT2D eigenvalue weighted by Gasteiger charge is -2.07. The summed E-state index contributed by atoms with van der Waals surface area (Å²) in [5.41, 5.74) is -0.544. The Morgan fingerprint density at radius 2 is 2.16 bits per heavy atom. The van der Waals surface area contributed by atoms with Gasteiger partial charge in [-0.05, 0) is 17.7 Å². The van der Waals surface area contributed by atoms with Crippen LogP contribution < -0.4 is 5.32 Å². The van der Waals surface area contributed by atoms with Crippen LogP contribution in [0.25, 0.3) is 6.08 Å². The number of carbonyl (C=O) groups excluding carboxylic acids is 1. The van der Waals surface area contributed by atoms with Gasteiger partial charge in [-0.2, -0.15) is 18.4 Å². The van der Waals surface area contributed by atoms with Crippen LogP contribution in [0.5, 0.6) is 0 Å². The summed E-state index contributed by atoms with van der Waals surface area (Å²) in [4.78, 5) is 10.6. The van der Waals surface area contributed by atoms with E-state index in [1.165, 1.54) is 19.1 Å². The number of benzene rings is 1. The number of rotatable bonds is 3. The molecule has 19 heavy (non-hydrogen) atoms. The van der Waals surface area contributed by atoms with Crippen molar-refractivity contribution in [3.05, 3.63) is 41.0 Å². The molecule has 0 aromatic heterocycles. The summed E-state index contributed by atoms with van der Waals surface area (Å²) in [6.07, 6.45) is -1.41. The Hall–Kier alpha value is -2.29. The SMILES string of the molecule is CC(=O)NCC=Cc1ccc(C(F)(F)F)cc1C#N. The van der Waals surface area contributed by atoms with Gasteiger partial charge in [-0.25, -0.2) is 0 Å². The van der Waals surface area contributed by atoms with Crippen molar-refractivity contribution in [1.29, 1.82) is 5.26 Å². The van der Waals surface area contributed by atoms with Crippen LogP contribution in [0.2, 0.25) is 0 Å². The number of hydrogen-bond acceptors (Lipinski definition) is 2. The largest absolute Gasteiger partial charge is 0.416 e. The van der Waals surface area contributed by atoms with Gasteiger partial charge >= 0.3 is 6.18 Å². The topological polar surface area (TPSA) is 52.9 Å². The molecule has 1 aromatic carbocycles. The first kappa shape index (κ1) is 14.8. The Morgan fingerprint density at radius 3 is 2.68 bits per heavy atom. The molecule has 1 aromatic rings. The maximum absolute atomic E-state index is 12.5. The number of nitriles is 1. The normalized spacial score (nSPS) is 11.3. The molecule has 0 atom stereocenters. The van der Waals surface area contributed by atoms with Crippen LogP contribution >= 0.6 is 0 Å². The number of hydrogen-bond donors (Lipinski definition) is 1. The Bertz CT molecular complexity index is 542. The van der Waals surface area contributed by atoms with E-state index in [0.717, 1.165) is 12.1 Å². The van der Waals surface area contributed by atoms with E-state index >= 15 is 0 Å². The predicted octanol–water partition coefficient (Wildman–Crippen LogP) is 2.73. The number of halogens is 3. The fourth-order valence-electron chi connectivity index (χ4n) is 1.36. The second-order valence-electron chi connectivity index (χ2n) is 3.75. The Morgan fingerprint density at radius 1 is 1.47 bits per heavy atom. The molecule has 0 bridgehead atoms. The minimum absolute atomic E-state index is 0.0612. The van der Waals surface area contributed by atoms with Gasteiger partial charge in [-0.15, -0.1) is 0 Å². The molecule has 0 radical (unpaired) electrons.